The maximum absolute atomic E-state index is 13.2. The van der Waals surface area contributed by atoms with Crippen molar-refractivity contribution in [1.82, 2.24) is 5.32 Å². The molecule has 12 heteroatoms. The lowest BCUT2D eigenvalue weighted by Crippen LogP contribution is -2.40. The van der Waals surface area contributed by atoms with Crippen LogP contribution in [0.4, 0.5) is 18.9 Å². The quantitative estimate of drug-likeness (QED) is 0.148. The van der Waals surface area contributed by atoms with Gasteiger partial charge < -0.3 is 24.8 Å². The third-order valence-corrected chi connectivity index (χ3v) is 9.76. The predicted octanol–water partition coefficient (Wildman–Crippen LogP) is 6.48. The number of likely N-dealkylation sites (N-methyl/N-ethyl adjacent to an activating group) is 1. The lowest BCUT2D eigenvalue weighted by atomic mass is 9.93. The summed E-state index contributed by atoms with van der Waals surface area (Å²) in [6.07, 6.45) is -3.01. The molecule has 3 rings (SSSR count). The molecular formula is C35H45F3N2O6S. The first-order valence-electron chi connectivity index (χ1n) is 15.8. The second-order valence-electron chi connectivity index (χ2n) is 11.2. The Hall–Kier alpha value is -3.61. The predicted molar refractivity (Wildman–Crippen MR) is 177 cm³/mol. The van der Waals surface area contributed by atoms with Crippen molar-refractivity contribution in [2.45, 2.75) is 69.6 Å². The number of nitrogens with one attached hydrogen (secondary N) is 1. The number of hydrogen-bond acceptors (Lipinski definition) is 7. The molecule has 0 saturated carbocycles. The summed E-state index contributed by atoms with van der Waals surface area (Å²) in [4.78, 5) is 15.5. The third kappa shape index (κ3) is 10.7. The van der Waals surface area contributed by atoms with Crippen molar-refractivity contribution >= 4 is 21.4 Å². The van der Waals surface area contributed by atoms with Crippen LogP contribution in [0.15, 0.2) is 77.7 Å². The normalized spacial score (nSPS) is 13.9. The molecule has 3 atom stereocenters. The van der Waals surface area contributed by atoms with Crippen LogP contribution in [0, 0.1) is 0 Å². The van der Waals surface area contributed by atoms with Crippen molar-refractivity contribution in [3.63, 3.8) is 0 Å². The number of alkyl halides is 3. The molecule has 0 radical (unpaired) electrons. The summed E-state index contributed by atoms with van der Waals surface area (Å²) in [7, 11) is -3.35. The number of carbonyl (C=O) groups is 1. The van der Waals surface area contributed by atoms with Gasteiger partial charge in [0.2, 0.25) is 0 Å². The highest BCUT2D eigenvalue weighted by Gasteiger charge is 2.30. The van der Waals surface area contributed by atoms with Crippen LogP contribution < -0.4 is 15.0 Å². The van der Waals surface area contributed by atoms with Gasteiger partial charge in [-0.25, -0.2) is 8.42 Å². The van der Waals surface area contributed by atoms with Crippen molar-refractivity contribution in [2.24, 2.45) is 0 Å². The molecule has 47 heavy (non-hydrogen) atoms. The molecule has 1 unspecified atom stereocenters. The molecule has 258 valence electrons. The maximum Gasteiger partial charge on any atom is 0.416 e. The van der Waals surface area contributed by atoms with Gasteiger partial charge in [0, 0.05) is 42.8 Å². The average molecular weight is 679 g/mol. The van der Waals surface area contributed by atoms with E-state index in [2.05, 4.69) is 10.2 Å². The zero-order valence-electron chi connectivity index (χ0n) is 27.3. The molecule has 0 saturated heterocycles. The van der Waals surface area contributed by atoms with Crippen molar-refractivity contribution in [3.05, 3.63) is 89.5 Å². The van der Waals surface area contributed by atoms with Gasteiger partial charge in [-0.2, -0.15) is 13.2 Å². The van der Waals surface area contributed by atoms with Crippen LogP contribution in [0.5, 0.6) is 5.75 Å². The van der Waals surface area contributed by atoms with Crippen LogP contribution in [0.3, 0.4) is 0 Å². The second-order valence-corrected chi connectivity index (χ2v) is 13.5. The number of rotatable bonds is 18. The molecule has 0 aliphatic carbocycles. The van der Waals surface area contributed by atoms with Crippen LogP contribution in [0.2, 0.25) is 0 Å². The summed E-state index contributed by atoms with van der Waals surface area (Å²) < 4.78 is 74.6. The van der Waals surface area contributed by atoms with Crippen molar-refractivity contribution < 1.29 is 41.0 Å². The van der Waals surface area contributed by atoms with Crippen molar-refractivity contribution in [3.8, 4) is 5.75 Å². The molecule has 0 bridgehead atoms. The first-order chi connectivity index (χ1) is 22.3. The summed E-state index contributed by atoms with van der Waals surface area (Å²) in [6, 6.07) is 17.6. The van der Waals surface area contributed by atoms with Gasteiger partial charge in [0.1, 0.15) is 5.75 Å². The minimum absolute atomic E-state index is 0.00930. The van der Waals surface area contributed by atoms with Gasteiger partial charge in [-0.3, -0.25) is 4.79 Å². The molecule has 0 fully saturated rings. The number of ether oxygens (including phenoxy) is 2. The Balaban J connectivity index is 1.66. The SMILES string of the molecule is CCCOC[C@H](CCOc1ccc(C(F)(F)F)cc1)N(CC)c1ccc(C(=O)NC(C)[C@@H](CO)c2ccc(S(=O)(=O)CC)cc2)cc1. The van der Waals surface area contributed by atoms with E-state index in [4.69, 9.17) is 9.47 Å². The van der Waals surface area contributed by atoms with E-state index in [1.165, 1.54) is 24.3 Å². The second kappa shape index (κ2) is 17.5. The van der Waals surface area contributed by atoms with Gasteiger partial charge in [0.25, 0.3) is 5.91 Å². The van der Waals surface area contributed by atoms with Gasteiger partial charge in [0.15, 0.2) is 9.84 Å². The molecule has 0 heterocycles. The molecular weight excluding hydrogens is 633 g/mol. The van der Waals surface area contributed by atoms with Gasteiger partial charge in [-0.15, -0.1) is 0 Å². The molecule has 1 amide bonds. The van der Waals surface area contributed by atoms with Crippen LogP contribution in [-0.4, -0.2) is 70.2 Å². The number of anilines is 1. The van der Waals surface area contributed by atoms with E-state index < -0.39 is 33.5 Å². The summed E-state index contributed by atoms with van der Waals surface area (Å²) in [6.45, 7) is 9.06. The van der Waals surface area contributed by atoms with E-state index in [0.717, 1.165) is 24.2 Å². The largest absolute Gasteiger partial charge is 0.494 e. The van der Waals surface area contributed by atoms with Crippen LogP contribution in [0.25, 0.3) is 0 Å². The maximum atomic E-state index is 13.2. The molecule has 0 spiro atoms. The zero-order chi connectivity index (χ0) is 34.6. The number of carbonyl (C=O) groups excluding carboxylic acids is 1. The summed E-state index contributed by atoms with van der Waals surface area (Å²) in [5, 5.41) is 13.0. The van der Waals surface area contributed by atoms with E-state index in [-0.39, 0.29) is 35.8 Å². The van der Waals surface area contributed by atoms with Crippen LogP contribution >= 0.6 is 0 Å². The van der Waals surface area contributed by atoms with E-state index in [0.29, 0.717) is 43.1 Å². The number of aliphatic hydroxyl groups is 1. The fourth-order valence-corrected chi connectivity index (χ4v) is 6.12. The van der Waals surface area contributed by atoms with Crippen molar-refractivity contribution in [1.29, 1.82) is 0 Å². The number of nitrogens with zero attached hydrogens (tertiary/aromatic N) is 1. The molecule has 0 aliphatic heterocycles. The summed E-state index contributed by atoms with van der Waals surface area (Å²) >= 11 is 0. The highest BCUT2D eigenvalue weighted by Crippen LogP contribution is 2.30. The molecule has 0 aromatic heterocycles. The fourth-order valence-electron chi connectivity index (χ4n) is 5.23. The Kier molecular flexibility index (Phi) is 14.1. The van der Waals surface area contributed by atoms with Crippen LogP contribution in [0.1, 0.15) is 67.9 Å². The van der Waals surface area contributed by atoms with Gasteiger partial charge >= 0.3 is 6.18 Å². The molecule has 8 nitrogen and oxygen atoms in total. The molecule has 2 N–H and O–H groups in total. The topological polar surface area (TPSA) is 105 Å². The number of aliphatic hydroxyl groups excluding tert-OH is 1. The summed E-state index contributed by atoms with van der Waals surface area (Å²) in [5.41, 5.74) is 1.28. The Labute approximate surface area is 275 Å². The number of amides is 1. The summed E-state index contributed by atoms with van der Waals surface area (Å²) in [5.74, 6) is -0.418. The zero-order valence-corrected chi connectivity index (χ0v) is 28.1. The lowest BCUT2D eigenvalue weighted by Gasteiger charge is -2.33. The number of halogens is 3. The Morgan fingerprint density at radius 2 is 1.57 bits per heavy atom. The molecule has 3 aromatic carbocycles. The number of hydrogen-bond donors (Lipinski definition) is 2. The highest BCUT2D eigenvalue weighted by molar-refractivity contribution is 7.91. The van der Waals surface area contributed by atoms with Crippen LogP contribution in [-0.2, 0) is 20.8 Å². The Bertz CT molecular complexity index is 1500. The van der Waals surface area contributed by atoms with Gasteiger partial charge in [0.05, 0.1) is 42.1 Å². The van der Waals surface area contributed by atoms with E-state index in [1.807, 2.05) is 26.0 Å². The Morgan fingerprint density at radius 1 is 0.936 bits per heavy atom. The van der Waals surface area contributed by atoms with Gasteiger partial charge in [-0.1, -0.05) is 26.0 Å². The monoisotopic (exact) mass is 678 g/mol. The standard InChI is InChI=1S/C35H45F3N2O6S/c1-5-21-45-24-30(20-22-46-31-16-12-28(13-17-31)35(36,37)38)40(6-2)29-14-8-27(9-15-29)34(42)39-25(4)33(23-41)26-10-18-32(19-11-26)47(43,44)7-3/h8-19,25,30,33,41H,5-7,20-24H2,1-4H3,(H,39,42)/t25?,30-,33+/m0/s1. The third-order valence-electron chi connectivity index (χ3n) is 8.01. The van der Waals surface area contributed by atoms with Crippen molar-refractivity contribution in [2.75, 3.05) is 43.6 Å². The lowest BCUT2D eigenvalue weighted by molar-refractivity contribution is -0.137. The average Bonchev–Trinajstić information content (AvgIpc) is 3.05. The smallest absolute Gasteiger partial charge is 0.416 e. The molecule has 3 aromatic rings. The minimum atomic E-state index is -4.41. The Morgan fingerprint density at radius 3 is 2.11 bits per heavy atom. The van der Waals surface area contributed by atoms with E-state index in [9.17, 15) is 31.5 Å². The molecule has 0 aliphatic rings. The van der Waals surface area contributed by atoms with E-state index in [1.54, 1.807) is 38.1 Å². The highest BCUT2D eigenvalue weighted by atomic mass is 32.2. The minimum Gasteiger partial charge on any atom is -0.494 e. The first kappa shape index (κ1) is 37.8. The number of benzene rings is 3. The number of sulfone groups is 1. The van der Waals surface area contributed by atoms with Gasteiger partial charge in [-0.05, 0) is 86.5 Å². The van der Waals surface area contributed by atoms with E-state index >= 15 is 0 Å². The fraction of sp³-hybridized carbons (Fsp3) is 0.457. The first-order valence-corrected chi connectivity index (χ1v) is 17.5.